The largest absolute Gasteiger partial charge is 0.354 e. The van der Waals surface area contributed by atoms with Crippen molar-refractivity contribution in [3.63, 3.8) is 0 Å². The summed E-state index contributed by atoms with van der Waals surface area (Å²) in [6.07, 6.45) is 1.56. The molecule has 0 fully saturated rings. The van der Waals surface area contributed by atoms with Gasteiger partial charge >= 0.3 is 0 Å². The van der Waals surface area contributed by atoms with Crippen molar-refractivity contribution < 1.29 is 1.43 Å². The monoisotopic (exact) mass is 364 g/mol. The van der Waals surface area contributed by atoms with Gasteiger partial charge < -0.3 is 10.2 Å². The molecule has 0 aliphatic heterocycles. The zero-order valence-corrected chi connectivity index (χ0v) is 15.9. The smallest absolute Gasteiger partial charge is 0.252 e. The Morgan fingerprint density at radius 3 is 2.30 bits per heavy atom. The molecule has 0 bridgehead atoms. The van der Waals surface area contributed by atoms with Crippen molar-refractivity contribution in [1.82, 2.24) is 14.9 Å². The molecule has 0 aliphatic rings. The van der Waals surface area contributed by atoms with Gasteiger partial charge in [0.1, 0.15) is 0 Å². The number of hydrogen-bond acceptors (Lipinski definition) is 4. The lowest BCUT2D eigenvalue weighted by atomic mass is 10.1. The molecule has 0 amide bonds. The van der Waals surface area contributed by atoms with Crippen molar-refractivity contribution in [1.29, 1.82) is 0 Å². The van der Waals surface area contributed by atoms with Crippen LogP contribution in [-0.4, -0.2) is 41.5 Å². The number of hydrogen-bond donors (Lipinski definition) is 2. The van der Waals surface area contributed by atoms with E-state index in [1.165, 1.54) is 5.56 Å². The summed E-state index contributed by atoms with van der Waals surface area (Å²) in [5, 5.41) is 3.31. The molecule has 1 atom stereocenters. The Morgan fingerprint density at radius 2 is 1.67 bits per heavy atom. The van der Waals surface area contributed by atoms with E-state index < -0.39 is 0 Å². The number of likely N-dealkylation sites (N-methyl/N-ethyl adjacent to an activating group) is 1. The Hall–Kier alpha value is -2.92. The summed E-state index contributed by atoms with van der Waals surface area (Å²) < 4.78 is 0. The molecule has 1 unspecified atom stereocenters. The molecule has 2 N–H and O–H groups in total. The molecule has 0 saturated carbocycles. The third-order valence-corrected chi connectivity index (χ3v) is 4.57. The van der Waals surface area contributed by atoms with Crippen molar-refractivity contribution in [2.75, 3.05) is 26.0 Å². The van der Waals surface area contributed by atoms with E-state index in [2.05, 4.69) is 58.5 Å². The maximum absolute atomic E-state index is 12.0. The van der Waals surface area contributed by atoms with Crippen LogP contribution in [0.15, 0.2) is 71.5 Å². The molecule has 2 aromatic carbocycles. The maximum atomic E-state index is 12.0. The number of H-pyrrole nitrogens is 1. The molecule has 3 rings (SSSR count). The molecule has 5 nitrogen and oxygen atoms in total. The highest BCUT2D eigenvalue weighted by Crippen LogP contribution is 2.09. The first-order valence-electron chi connectivity index (χ1n) is 9.18. The van der Waals surface area contributed by atoms with Crippen LogP contribution in [-0.2, 0) is 12.8 Å². The van der Waals surface area contributed by atoms with E-state index in [0.717, 1.165) is 17.7 Å². The molecular weight excluding hydrogens is 336 g/mol. The fourth-order valence-corrected chi connectivity index (χ4v) is 3.03. The van der Waals surface area contributed by atoms with Gasteiger partial charge in [-0.05, 0) is 31.6 Å². The van der Waals surface area contributed by atoms with Crippen LogP contribution in [0.3, 0.4) is 0 Å². The summed E-state index contributed by atoms with van der Waals surface area (Å²) in [5.74, 6) is 0.522. The zero-order chi connectivity index (χ0) is 19.1. The normalized spacial score (nSPS) is 12.1. The lowest BCUT2D eigenvalue weighted by Crippen LogP contribution is -2.37. The zero-order valence-electron chi connectivity index (χ0n) is 15.9. The second kappa shape index (κ2) is 9.14. The first-order valence-corrected chi connectivity index (χ1v) is 9.18. The standard InChI is InChI=1S/C22H26N4O.H2/c1-26(2)20(14-18-11-7-4-8-12-18)16-23-22-24-19(15-21(27)25-22)13-17-9-5-3-6-10-17;/h3-12,15,20H,13-14,16H2,1-2H3,(H2,23,24,25,27);1H. The lowest BCUT2D eigenvalue weighted by Gasteiger charge is -2.25. The van der Waals surface area contributed by atoms with E-state index in [1.54, 1.807) is 6.07 Å². The van der Waals surface area contributed by atoms with Crippen molar-refractivity contribution in [2.45, 2.75) is 18.9 Å². The van der Waals surface area contributed by atoms with Gasteiger partial charge in [0.2, 0.25) is 5.95 Å². The molecule has 27 heavy (non-hydrogen) atoms. The minimum Gasteiger partial charge on any atom is -0.354 e. The number of benzene rings is 2. The van der Waals surface area contributed by atoms with E-state index in [0.29, 0.717) is 18.9 Å². The Kier molecular flexibility index (Phi) is 6.39. The third kappa shape index (κ3) is 5.79. The van der Waals surface area contributed by atoms with Crippen LogP contribution >= 0.6 is 0 Å². The first kappa shape index (κ1) is 18.9. The van der Waals surface area contributed by atoms with Crippen molar-refractivity contribution in [3.8, 4) is 0 Å². The summed E-state index contributed by atoms with van der Waals surface area (Å²) in [6.45, 7) is 0.694. The summed E-state index contributed by atoms with van der Waals surface area (Å²) in [4.78, 5) is 21.6. The topological polar surface area (TPSA) is 61.0 Å². The minimum atomic E-state index is -0.136. The number of aromatic amines is 1. The third-order valence-electron chi connectivity index (χ3n) is 4.57. The quantitative estimate of drug-likeness (QED) is 0.644. The average Bonchev–Trinajstić information content (AvgIpc) is 2.66. The Balaban J connectivity index is 0.00000280. The Labute approximate surface area is 161 Å². The molecule has 0 aliphatic carbocycles. The SMILES string of the molecule is CN(C)C(CNc1nc(Cc2ccccc2)cc(=O)[nH]1)Cc1ccccc1.[HH]. The van der Waals surface area contributed by atoms with Crippen LogP contribution in [0.4, 0.5) is 5.95 Å². The molecule has 1 heterocycles. The number of nitrogens with one attached hydrogen (secondary N) is 2. The van der Waals surface area contributed by atoms with Crippen LogP contribution in [0, 0.1) is 0 Å². The van der Waals surface area contributed by atoms with Gasteiger partial charge in [-0.3, -0.25) is 9.78 Å². The molecule has 142 valence electrons. The molecule has 1 aromatic heterocycles. The Morgan fingerprint density at radius 1 is 1.04 bits per heavy atom. The van der Waals surface area contributed by atoms with Crippen LogP contribution in [0.1, 0.15) is 18.2 Å². The van der Waals surface area contributed by atoms with Gasteiger partial charge in [-0.2, -0.15) is 0 Å². The first-order chi connectivity index (χ1) is 13.1. The second-order valence-corrected chi connectivity index (χ2v) is 6.94. The maximum Gasteiger partial charge on any atom is 0.252 e. The van der Waals surface area contributed by atoms with E-state index in [9.17, 15) is 4.79 Å². The van der Waals surface area contributed by atoms with Gasteiger partial charge in [0.25, 0.3) is 5.56 Å². The van der Waals surface area contributed by atoms with Crippen molar-refractivity contribution in [3.05, 3.63) is 93.9 Å². The van der Waals surface area contributed by atoms with Gasteiger partial charge in [-0.25, -0.2) is 4.98 Å². The van der Waals surface area contributed by atoms with E-state index in [-0.39, 0.29) is 13.0 Å². The fraction of sp³-hybridized carbons (Fsp3) is 0.273. The highest BCUT2D eigenvalue weighted by molar-refractivity contribution is 5.29. The molecule has 0 spiro atoms. The van der Waals surface area contributed by atoms with E-state index in [4.69, 9.17) is 0 Å². The average molecular weight is 364 g/mol. The summed E-state index contributed by atoms with van der Waals surface area (Å²) in [5.41, 5.74) is 3.05. The number of aromatic nitrogens is 2. The van der Waals surface area contributed by atoms with Crippen LogP contribution < -0.4 is 10.9 Å². The molecule has 3 aromatic rings. The van der Waals surface area contributed by atoms with E-state index in [1.807, 2.05) is 36.4 Å². The van der Waals surface area contributed by atoms with Gasteiger partial charge in [0.15, 0.2) is 0 Å². The predicted molar refractivity (Wildman–Crippen MR) is 112 cm³/mol. The molecule has 0 saturated heterocycles. The molecular formula is C22H28N4O. The second-order valence-electron chi connectivity index (χ2n) is 6.94. The fourth-order valence-electron chi connectivity index (χ4n) is 3.03. The van der Waals surface area contributed by atoms with Gasteiger partial charge in [-0.15, -0.1) is 0 Å². The van der Waals surface area contributed by atoms with Gasteiger partial charge in [-0.1, -0.05) is 60.7 Å². The highest BCUT2D eigenvalue weighted by Gasteiger charge is 2.13. The van der Waals surface area contributed by atoms with Crippen LogP contribution in [0.2, 0.25) is 0 Å². The minimum absolute atomic E-state index is 0. The number of nitrogens with zero attached hydrogens (tertiary/aromatic N) is 2. The lowest BCUT2D eigenvalue weighted by molar-refractivity contribution is 0.303. The summed E-state index contributed by atoms with van der Waals surface area (Å²) in [7, 11) is 4.13. The summed E-state index contributed by atoms with van der Waals surface area (Å²) >= 11 is 0. The highest BCUT2D eigenvalue weighted by atomic mass is 16.1. The Bertz CT molecular complexity index is 897. The number of anilines is 1. The van der Waals surface area contributed by atoms with E-state index >= 15 is 0 Å². The number of rotatable bonds is 8. The van der Waals surface area contributed by atoms with Gasteiger partial charge in [0, 0.05) is 26.5 Å². The van der Waals surface area contributed by atoms with Gasteiger partial charge in [0.05, 0.1) is 5.69 Å². The van der Waals surface area contributed by atoms with Crippen molar-refractivity contribution >= 4 is 5.95 Å². The molecule has 0 radical (unpaired) electrons. The molecule has 5 heteroatoms. The summed E-state index contributed by atoms with van der Waals surface area (Å²) in [6, 6.07) is 22.3. The van der Waals surface area contributed by atoms with Crippen LogP contribution in [0.25, 0.3) is 0 Å². The van der Waals surface area contributed by atoms with Crippen molar-refractivity contribution in [2.24, 2.45) is 0 Å². The van der Waals surface area contributed by atoms with Crippen LogP contribution in [0.5, 0.6) is 0 Å². The predicted octanol–water partition coefficient (Wildman–Crippen LogP) is 3.19.